The summed E-state index contributed by atoms with van der Waals surface area (Å²) < 4.78 is 5.02. The number of amides is 2. The first kappa shape index (κ1) is 19.6. The Hall–Kier alpha value is -3.16. The van der Waals surface area contributed by atoms with Crippen LogP contribution in [0.25, 0.3) is 0 Å². The molecule has 8 heteroatoms. The Labute approximate surface area is 164 Å². The highest BCUT2D eigenvalue weighted by atomic mass is 16.6. The Morgan fingerprint density at radius 2 is 1.89 bits per heavy atom. The third kappa shape index (κ3) is 5.42. The third-order valence-corrected chi connectivity index (χ3v) is 4.55. The van der Waals surface area contributed by atoms with Crippen molar-refractivity contribution in [2.45, 2.75) is 32.4 Å². The first-order valence-electron chi connectivity index (χ1n) is 9.48. The molecule has 0 bridgehead atoms. The lowest BCUT2D eigenvalue weighted by Gasteiger charge is -2.31. The number of rotatable bonds is 6. The minimum absolute atomic E-state index is 0.206. The van der Waals surface area contributed by atoms with Gasteiger partial charge in [-0.25, -0.2) is 14.8 Å². The van der Waals surface area contributed by atoms with Crippen LogP contribution in [0.3, 0.4) is 0 Å². The SMILES string of the molecule is CCOC(=O)N1CCC(Nc2cnc(C(=O)NCc3ccccc3)cn2)CC1. The number of benzene rings is 1. The Bertz CT molecular complexity index is 774. The summed E-state index contributed by atoms with van der Waals surface area (Å²) in [5, 5.41) is 6.14. The number of carbonyl (C=O) groups excluding carboxylic acids is 2. The van der Waals surface area contributed by atoms with Gasteiger partial charge in [0.05, 0.1) is 19.0 Å². The van der Waals surface area contributed by atoms with E-state index in [0.717, 1.165) is 18.4 Å². The van der Waals surface area contributed by atoms with Crippen molar-refractivity contribution in [1.29, 1.82) is 0 Å². The van der Waals surface area contributed by atoms with Crippen molar-refractivity contribution in [3.05, 3.63) is 54.0 Å². The van der Waals surface area contributed by atoms with Gasteiger partial charge in [-0.1, -0.05) is 30.3 Å². The quantitative estimate of drug-likeness (QED) is 0.795. The van der Waals surface area contributed by atoms with Crippen LogP contribution in [0.2, 0.25) is 0 Å². The second-order valence-corrected chi connectivity index (χ2v) is 6.56. The molecule has 0 unspecified atom stereocenters. The van der Waals surface area contributed by atoms with Crippen LogP contribution in [-0.2, 0) is 11.3 Å². The lowest BCUT2D eigenvalue weighted by molar-refractivity contribution is 0.0944. The summed E-state index contributed by atoms with van der Waals surface area (Å²) in [6.45, 7) is 3.92. The van der Waals surface area contributed by atoms with Gasteiger partial charge in [-0.15, -0.1) is 0 Å². The van der Waals surface area contributed by atoms with E-state index in [0.29, 0.717) is 32.1 Å². The van der Waals surface area contributed by atoms with Gasteiger partial charge in [-0.3, -0.25) is 4.79 Å². The maximum absolute atomic E-state index is 12.2. The van der Waals surface area contributed by atoms with Crippen LogP contribution in [-0.4, -0.2) is 52.6 Å². The number of hydrogen-bond donors (Lipinski definition) is 2. The normalized spacial score (nSPS) is 14.4. The molecular weight excluding hydrogens is 358 g/mol. The van der Waals surface area contributed by atoms with Crippen molar-refractivity contribution in [2.75, 3.05) is 25.0 Å². The van der Waals surface area contributed by atoms with Gasteiger partial charge in [0.25, 0.3) is 5.91 Å². The molecule has 1 aliphatic rings. The Kier molecular flexibility index (Phi) is 6.78. The van der Waals surface area contributed by atoms with E-state index in [-0.39, 0.29) is 23.7 Å². The zero-order valence-corrected chi connectivity index (χ0v) is 15.9. The standard InChI is InChI=1S/C20H25N5O3/c1-2-28-20(27)25-10-8-16(9-11-25)24-18-14-21-17(13-22-18)19(26)23-12-15-6-4-3-5-7-15/h3-7,13-14,16H,2,8-12H2,1H3,(H,22,24)(H,23,26). The monoisotopic (exact) mass is 383 g/mol. The summed E-state index contributed by atoms with van der Waals surface area (Å²) in [4.78, 5) is 34.1. The number of carbonyl (C=O) groups is 2. The van der Waals surface area contributed by atoms with Crippen molar-refractivity contribution in [1.82, 2.24) is 20.2 Å². The van der Waals surface area contributed by atoms with Crippen LogP contribution in [0, 0.1) is 0 Å². The molecule has 2 heterocycles. The van der Waals surface area contributed by atoms with E-state index < -0.39 is 0 Å². The highest BCUT2D eigenvalue weighted by Gasteiger charge is 2.23. The molecule has 148 valence electrons. The highest BCUT2D eigenvalue weighted by Crippen LogP contribution is 2.15. The van der Waals surface area contributed by atoms with E-state index in [4.69, 9.17) is 4.74 Å². The molecule has 0 radical (unpaired) electrons. The van der Waals surface area contributed by atoms with Gasteiger partial charge in [0.1, 0.15) is 11.5 Å². The van der Waals surface area contributed by atoms with E-state index >= 15 is 0 Å². The molecule has 2 aromatic rings. The average Bonchev–Trinajstić information content (AvgIpc) is 2.74. The maximum Gasteiger partial charge on any atom is 0.409 e. The van der Waals surface area contributed by atoms with E-state index in [2.05, 4.69) is 20.6 Å². The fourth-order valence-corrected chi connectivity index (χ4v) is 3.02. The van der Waals surface area contributed by atoms with Gasteiger partial charge < -0.3 is 20.3 Å². The summed E-state index contributed by atoms with van der Waals surface area (Å²) in [7, 11) is 0. The lowest BCUT2D eigenvalue weighted by atomic mass is 10.1. The molecule has 0 spiro atoms. The van der Waals surface area contributed by atoms with Crippen LogP contribution >= 0.6 is 0 Å². The number of likely N-dealkylation sites (tertiary alicyclic amines) is 1. The van der Waals surface area contributed by atoms with Gasteiger partial charge in [-0.2, -0.15) is 0 Å². The summed E-state index contributed by atoms with van der Waals surface area (Å²) in [6.07, 6.45) is 4.39. The van der Waals surface area contributed by atoms with Gasteiger partial charge in [0.2, 0.25) is 0 Å². The average molecular weight is 383 g/mol. The van der Waals surface area contributed by atoms with Crippen LogP contribution in [0.1, 0.15) is 35.8 Å². The van der Waals surface area contributed by atoms with E-state index in [1.165, 1.54) is 6.20 Å². The molecule has 1 fully saturated rings. The molecule has 0 atom stereocenters. The number of hydrogen-bond acceptors (Lipinski definition) is 6. The van der Waals surface area contributed by atoms with Gasteiger partial charge in [0.15, 0.2) is 0 Å². The van der Waals surface area contributed by atoms with Gasteiger partial charge in [0, 0.05) is 25.7 Å². The molecule has 1 aliphatic heterocycles. The highest BCUT2D eigenvalue weighted by molar-refractivity contribution is 5.91. The minimum atomic E-state index is -0.259. The Balaban J connectivity index is 1.45. The number of piperidine rings is 1. The molecular formula is C20H25N5O3. The number of anilines is 1. The molecule has 0 aliphatic carbocycles. The summed E-state index contributed by atoms with van der Waals surface area (Å²) in [6, 6.07) is 9.90. The number of nitrogens with one attached hydrogen (secondary N) is 2. The molecule has 1 aromatic carbocycles. The predicted octanol–water partition coefficient (Wildman–Crippen LogP) is 2.44. The molecule has 2 amide bonds. The van der Waals surface area contributed by atoms with Crippen LogP contribution in [0.5, 0.6) is 0 Å². The topological polar surface area (TPSA) is 96.5 Å². The zero-order valence-electron chi connectivity index (χ0n) is 15.9. The second-order valence-electron chi connectivity index (χ2n) is 6.56. The van der Waals surface area contributed by atoms with Gasteiger partial charge in [-0.05, 0) is 25.3 Å². The summed E-state index contributed by atoms with van der Waals surface area (Å²) >= 11 is 0. The molecule has 1 aromatic heterocycles. The van der Waals surface area contributed by atoms with Crippen LogP contribution < -0.4 is 10.6 Å². The van der Waals surface area contributed by atoms with Crippen molar-refractivity contribution in [3.63, 3.8) is 0 Å². The summed E-state index contributed by atoms with van der Waals surface area (Å²) in [5.74, 6) is 0.361. The second kappa shape index (κ2) is 9.68. The Morgan fingerprint density at radius 3 is 2.54 bits per heavy atom. The lowest BCUT2D eigenvalue weighted by Crippen LogP contribution is -2.42. The number of aromatic nitrogens is 2. The predicted molar refractivity (Wildman–Crippen MR) is 105 cm³/mol. The largest absolute Gasteiger partial charge is 0.450 e. The molecule has 1 saturated heterocycles. The van der Waals surface area contributed by atoms with Crippen LogP contribution in [0.15, 0.2) is 42.7 Å². The molecule has 2 N–H and O–H groups in total. The van der Waals surface area contributed by atoms with Crippen molar-refractivity contribution >= 4 is 17.8 Å². The first-order chi connectivity index (χ1) is 13.7. The molecule has 0 saturated carbocycles. The van der Waals surface area contributed by atoms with Crippen molar-refractivity contribution in [2.24, 2.45) is 0 Å². The fraction of sp³-hybridized carbons (Fsp3) is 0.400. The van der Waals surface area contributed by atoms with E-state index in [1.54, 1.807) is 18.0 Å². The van der Waals surface area contributed by atoms with Crippen molar-refractivity contribution in [3.8, 4) is 0 Å². The fourth-order valence-electron chi connectivity index (χ4n) is 3.02. The number of nitrogens with zero attached hydrogens (tertiary/aromatic N) is 3. The molecule has 8 nitrogen and oxygen atoms in total. The van der Waals surface area contributed by atoms with E-state index in [1.807, 2.05) is 30.3 Å². The third-order valence-electron chi connectivity index (χ3n) is 4.55. The van der Waals surface area contributed by atoms with Crippen molar-refractivity contribution < 1.29 is 14.3 Å². The maximum atomic E-state index is 12.2. The van der Waals surface area contributed by atoms with E-state index in [9.17, 15) is 9.59 Å². The van der Waals surface area contributed by atoms with Gasteiger partial charge >= 0.3 is 6.09 Å². The molecule has 28 heavy (non-hydrogen) atoms. The smallest absolute Gasteiger partial charge is 0.409 e. The summed E-state index contributed by atoms with van der Waals surface area (Å²) in [5.41, 5.74) is 1.30. The first-order valence-corrected chi connectivity index (χ1v) is 9.48. The number of ether oxygens (including phenoxy) is 1. The molecule has 3 rings (SSSR count). The zero-order chi connectivity index (χ0) is 19.8. The minimum Gasteiger partial charge on any atom is -0.450 e. The van der Waals surface area contributed by atoms with Crippen LogP contribution in [0.4, 0.5) is 10.6 Å². The Morgan fingerprint density at radius 1 is 1.14 bits per heavy atom.